The fourth-order valence-electron chi connectivity index (χ4n) is 4.42. The molecule has 0 aromatic carbocycles. The predicted molar refractivity (Wildman–Crippen MR) is 107 cm³/mol. The number of hydrogen-bond acceptors (Lipinski definition) is 5. The Morgan fingerprint density at radius 2 is 2.07 bits per heavy atom. The summed E-state index contributed by atoms with van der Waals surface area (Å²) in [5, 5.41) is 0. The zero-order valence-corrected chi connectivity index (χ0v) is 17.5. The van der Waals surface area contributed by atoms with Gasteiger partial charge in [-0.15, -0.1) is 0 Å². The average Bonchev–Trinajstić information content (AvgIpc) is 3.18. The third-order valence-corrected chi connectivity index (χ3v) is 6.35. The van der Waals surface area contributed by atoms with Gasteiger partial charge in [-0.2, -0.15) is 0 Å². The van der Waals surface area contributed by atoms with E-state index in [1.807, 2.05) is 6.92 Å². The summed E-state index contributed by atoms with van der Waals surface area (Å²) in [5.41, 5.74) is 2.49. The molecule has 0 aromatic heterocycles. The van der Waals surface area contributed by atoms with E-state index in [2.05, 4.69) is 32.6 Å². The lowest BCUT2D eigenvalue weighted by atomic mass is 9.80. The lowest BCUT2D eigenvalue weighted by molar-refractivity contribution is -0.154. The number of allylic oxidation sites excluding steroid dienone is 3. The van der Waals surface area contributed by atoms with E-state index < -0.39 is 18.0 Å². The minimum Gasteiger partial charge on any atom is -0.465 e. The number of ether oxygens (including phenoxy) is 3. The van der Waals surface area contributed by atoms with Crippen molar-refractivity contribution in [3.05, 3.63) is 35.5 Å². The van der Waals surface area contributed by atoms with Gasteiger partial charge in [0, 0.05) is 11.5 Å². The van der Waals surface area contributed by atoms with Crippen molar-refractivity contribution in [3.8, 4) is 0 Å². The van der Waals surface area contributed by atoms with Gasteiger partial charge < -0.3 is 14.2 Å². The molecule has 0 amide bonds. The van der Waals surface area contributed by atoms with Crippen LogP contribution in [0.25, 0.3) is 0 Å². The van der Waals surface area contributed by atoms with Gasteiger partial charge in [0.15, 0.2) is 0 Å². The molecule has 1 aliphatic carbocycles. The first kappa shape index (κ1) is 20.8. The van der Waals surface area contributed by atoms with E-state index in [-0.39, 0.29) is 23.6 Å². The lowest BCUT2D eigenvalue weighted by Crippen LogP contribution is -2.36. The van der Waals surface area contributed by atoms with Gasteiger partial charge in [0.1, 0.15) is 12.0 Å². The van der Waals surface area contributed by atoms with E-state index in [0.717, 1.165) is 31.3 Å². The highest BCUT2D eigenvalue weighted by Gasteiger charge is 2.56. The van der Waals surface area contributed by atoms with Crippen LogP contribution < -0.4 is 0 Å². The molecule has 5 unspecified atom stereocenters. The van der Waals surface area contributed by atoms with Gasteiger partial charge >= 0.3 is 11.9 Å². The highest BCUT2D eigenvalue weighted by molar-refractivity contribution is 5.92. The smallest absolute Gasteiger partial charge is 0.334 e. The van der Waals surface area contributed by atoms with Gasteiger partial charge in [-0.25, -0.2) is 4.79 Å². The number of carbonyl (C=O) groups is 2. The molecule has 2 saturated heterocycles. The van der Waals surface area contributed by atoms with Crippen LogP contribution in [0.5, 0.6) is 0 Å². The first-order chi connectivity index (χ1) is 13.3. The highest BCUT2D eigenvalue weighted by atomic mass is 16.6. The fourth-order valence-corrected chi connectivity index (χ4v) is 4.42. The van der Waals surface area contributed by atoms with Crippen LogP contribution in [0.3, 0.4) is 0 Å². The van der Waals surface area contributed by atoms with Gasteiger partial charge in [0.25, 0.3) is 0 Å². The Morgan fingerprint density at radius 3 is 2.79 bits per heavy atom. The van der Waals surface area contributed by atoms with E-state index in [1.54, 1.807) is 6.92 Å². The zero-order valence-electron chi connectivity index (χ0n) is 17.5. The molecule has 0 radical (unpaired) electrons. The second kappa shape index (κ2) is 8.24. The molecule has 0 bridgehead atoms. The van der Waals surface area contributed by atoms with Gasteiger partial charge in [-0.05, 0) is 59.8 Å². The Labute approximate surface area is 167 Å². The number of rotatable bonds is 2. The molecule has 3 aliphatic rings. The predicted octanol–water partition coefficient (Wildman–Crippen LogP) is 4.28. The van der Waals surface area contributed by atoms with Gasteiger partial charge in [-0.3, -0.25) is 4.79 Å². The van der Waals surface area contributed by atoms with Gasteiger partial charge in [0.2, 0.25) is 0 Å². The van der Waals surface area contributed by atoms with E-state index in [0.29, 0.717) is 18.6 Å². The molecule has 5 atom stereocenters. The maximum absolute atomic E-state index is 12.8. The summed E-state index contributed by atoms with van der Waals surface area (Å²) in [6, 6.07) is 0. The van der Waals surface area contributed by atoms with Gasteiger partial charge in [0.05, 0.1) is 18.3 Å². The van der Waals surface area contributed by atoms with Crippen molar-refractivity contribution in [2.75, 3.05) is 6.61 Å². The largest absolute Gasteiger partial charge is 0.465 e. The SMILES string of the molecule is C=C1C(=O)OC2C1CC1OC1(C)CCC=C(C)CCC=C(C)C2C(=O)OCC. The van der Waals surface area contributed by atoms with Crippen molar-refractivity contribution in [2.24, 2.45) is 11.8 Å². The molecule has 2 fully saturated rings. The maximum Gasteiger partial charge on any atom is 0.334 e. The monoisotopic (exact) mass is 388 g/mol. The summed E-state index contributed by atoms with van der Waals surface area (Å²) in [7, 11) is 0. The molecule has 5 heteroatoms. The second-order valence-corrected chi connectivity index (χ2v) is 8.46. The number of esters is 2. The molecule has 0 N–H and O–H groups in total. The molecule has 28 heavy (non-hydrogen) atoms. The first-order valence-electron chi connectivity index (χ1n) is 10.3. The standard InChI is InChI=1S/C23H32O5/c1-6-26-22(25)19-15(3)11-7-9-14(2)10-8-12-23(5)18(28-23)13-17-16(4)21(24)27-20(17)19/h10-11,17-20H,4,6-9,12-13H2,1-3,5H3. The number of epoxide rings is 1. The third-order valence-electron chi connectivity index (χ3n) is 6.35. The van der Waals surface area contributed by atoms with E-state index in [4.69, 9.17) is 14.2 Å². The second-order valence-electron chi connectivity index (χ2n) is 8.46. The molecule has 0 spiro atoms. The summed E-state index contributed by atoms with van der Waals surface area (Å²) in [6.07, 6.45) is 8.18. The van der Waals surface area contributed by atoms with E-state index in [1.165, 1.54) is 5.57 Å². The van der Waals surface area contributed by atoms with Crippen molar-refractivity contribution in [1.29, 1.82) is 0 Å². The van der Waals surface area contributed by atoms with Crippen LogP contribution in [0, 0.1) is 11.8 Å². The molecule has 2 heterocycles. The summed E-state index contributed by atoms with van der Waals surface area (Å²) in [5.74, 6) is -1.60. The molecule has 5 nitrogen and oxygen atoms in total. The topological polar surface area (TPSA) is 65.1 Å². The molecular formula is C23H32O5. The Bertz CT molecular complexity index is 719. The first-order valence-corrected chi connectivity index (χ1v) is 10.3. The van der Waals surface area contributed by atoms with Crippen LogP contribution in [0.1, 0.15) is 59.8 Å². The summed E-state index contributed by atoms with van der Waals surface area (Å²) in [4.78, 5) is 25.1. The fraction of sp³-hybridized carbons (Fsp3) is 0.652. The molecule has 0 aromatic rings. The van der Waals surface area contributed by atoms with Crippen molar-refractivity contribution >= 4 is 11.9 Å². The van der Waals surface area contributed by atoms with Crippen LogP contribution in [0.4, 0.5) is 0 Å². The van der Waals surface area contributed by atoms with Crippen LogP contribution >= 0.6 is 0 Å². The van der Waals surface area contributed by atoms with Crippen molar-refractivity contribution in [3.63, 3.8) is 0 Å². The van der Waals surface area contributed by atoms with Gasteiger partial charge in [-0.1, -0.05) is 29.9 Å². The van der Waals surface area contributed by atoms with Crippen molar-refractivity contribution in [2.45, 2.75) is 77.6 Å². The molecule has 154 valence electrons. The third kappa shape index (κ3) is 4.24. The normalized spacial score (nSPS) is 36.3. The highest BCUT2D eigenvalue weighted by Crippen LogP contribution is 2.48. The summed E-state index contributed by atoms with van der Waals surface area (Å²) in [6.45, 7) is 12.2. The summed E-state index contributed by atoms with van der Waals surface area (Å²) < 4.78 is 17.0. The van der Waals surface area contributed by atoms with Crippen molar-refractivity contribution < 1.29 is 23.8 Å². The Morgan fingerprint density at radius 1 is 1.32 bits per heavy atom. The maximum atomic E-state index is 12.8. The van der Waals surface area contributed by atoms with E-state index >= 15 is 0 Å². The van der Waals surface area contributed by atoms with Crippen molar-refractivity contribution in [1.82, 2.24) is 0 Å². The Balaban J connectivity index is 1.94. The van der Waals surface area contributed by atoms with Crippen LogP contribution in [-0.2, 0) is 23.8 Å². The Kier molecular flexibility index (Phi) is 6.13. The lowest BCUT2D eigenvalue weighted by Gasteiger charge is -2.26. The molecule has 2 aliphatic heterocycles. The van der Waals surface area contributed by atoms with Crippen LogP contribution in [0.2, 0.25) is 0 Å². The quantitative estimate of drug-likeness (QED) is 0.306. The molecule has 0 saturated carbocycles. The molecule has 3 rings (SSSR count). The molecular weight excluding hydrogens is 356 g/mol. The Hall–Kier alpha value is -1.88. The minimum atomic E-state index is -0.606. The average molecular weight is 389 g/mol. The van der Waals surface area contributed by atoms with Crippen LogP contribution in [-0.4, -0.2) is 36.4 Å². The number of hydrogen-bond donors (Lipinski definition) is 0. The number of carbonyl (C=O) groups excluding carboxylic acids is 2. The van der Waals surface area contributed by atoms with E-state index in [9.17, 15) is 9.59 Å². The summed E-state index contributed by atoms with van der Waals surface area (Å²) >= 11 is 0. The number of fused-ring (bicyclic) bond motifs is 2. The zero-order chi connectivity index (χ0) is 20.5. The minimum absolute atomic E-state index is 0.0510. The van der Waals surface area contributed by atoms with Crippen LogP contribution in [0.15, 0.2) is 35.5 Å².